The Bertz CT molecular complexity index is 1270. The maximum Gasteiger partial charge on any atom is 0.337 e. The molecule has 2 aliphatic heterocycles. The fraction of sp³-hybridized carbons (Fsp3) is 0.333. The van der Waals surface area contributed by atoms with E-state index in [4.69, 9.17) is 9.72 Å². The molecule has 5 rings (SSSR count). The van der Waals surface area contributed by atoms with E-state index in [-0.39, 0.29) is 17.0 Å². The number of benzene rings is 2. The van der Waals surface area contributed by atoms with E-state index in [1.54, 1.807) is 24.3 Å². The monoisotopic (exact) mass is 429 g/mol. The number of aromatic carboxylic acids is 1. The average molecular weight is 429 g/mol. The second-order valence-electron chi connectivity index (χ2n) is 8.80. The Morgan fingerprint density at radius 3 is 2.69 bits per heavy atom. The van der Waals surface area contributed by atoms with E-state index in [0.29, 0.717) is 28.2 Å². The van der Waals surface area contributed by atoms with Crippen molar-refractivity contribution >= 4 is 28.5 Å². The molecule has 1 spiro atoms. The van der Waals surface area contributed by atoms with Gasteiger partial charge in [0.15, 0.2) is 11.5 Å². The molecule has 32 heavy (non-hydrogen) atoms. The Morgan fingerprint density at radius 2 is 2.03 bits per heavy atom. The third-order valence-electron chi connectivity index (χ3n) is 6.20. The van der Waals surface area contributed by atoms with Gasteiger partial charge in [0.1, 0.15) is 6.07 Å². The Hall–Kier alpha value is -3.70. The number of nitrogens with zero attached hydrogens (tertiary/aromatic N) is 4. The number of carbonyl (C=O) groups is 1. The van der Waals surface area contributed by atoms with Gasteiger partial charge in [-0.2, -0.15) is 5.26 Å². The topological polar surface area (TPSA) is 111 Å². The van der Waals surface area contributed by atoms with Crippen LogP contribution in [0.3, 0.4) is 0 Å². The van der Waals surface area contributed by atoms with Crippen LogP contribution in [-0.4, -0.2) is 47.3 Å². The number of para-hydroxylation sites is 1. The van der Waals surface area contributed by atoms with Crippen LogP contribution in [0.2, 0.25) is 0 Å². The molecule has 2 N–H and O–H groups in total. The number of hydrogen-bond acceptors (Lipinski definition) is 7. The first-order valence-corrected chi connectivity index (χ1v) is 10.5. The van der Waals surface area contributed by atoms with E-state index in [1.807, 2.05) is 26.0 Å². The normalized spacial score (nSPS) is 17.3. The van der Waals surface area contributed by atoms with Crippen LogP contribution in [0.4, 0.5) is 11.5 Å². The Morgan fingerprint density at radius 1 is 1.28 bits per heavy atom. The van der Waals surface area contributed by atoms with Crippen LogP contribution in [0, 0.1) is 23.7 Å². The second kappa shape index (κ2) is 7.46. The van der Waals surface area contributed by atoms with Crippen LogP contribution in [0.1, 0.15) is 40.1 Å². The number of aryl methyl sites for hydroxylation is 1. The van der Waals surface area contributed by atoms with Crippen LogP contribution in [0.25, 0.3) is 11.0 Å². The lowest BCUT2D eigenvalue weighted by atomic mass is 9.78. The number of fused-ring (bicyclic) bond motifs is 1. The Kier molecular flexibility index (Phi) is 4.72. The van der Waals surface area contributed by atoms with Crippen molar-refractivity contribution in [3.8, 4) is 6.07 Å². The van der Waals surface area contributed by atoms with Gasteiger partial charge in [-0.3, -0.25) is 0 Å². The van der Waals surface area contributed by atoms with Crippen molar-refractivity contribution in [2.24, 2.45) is 5.41 Å². The maximum atomic E-state index is 11.6. The lowest BCUT2D eigenvalue weighted by Crippen LogP contribution is -2.66. The smallest absolute Gasteiger partial charge is 0.337 e. The SMILES string of the molecule is Cc1cc([C@@H](C)Nc2ccccc2C(=O)O)c2nc(N3CC4(COC4)C3)c(C#N)nc2c1. The predicted octanol–water partition coefficient (Wildman–Crippen LogP) is 3.52. The van der Waals surface area contributed by atoms with Crippen LogP contribution in [0.15, 0.2) is 36.4 Å². The summed E-state index contributed by atoms with van der Waals surface area (Å²) in [4.78, 5) is 23.2. The lowest BCUT2D eigenvalue weighted by Gasteiger charge is -2.55. The molecule has 0 saturated carbocycles. The summed E-state index contributed by atoms with van der Waals surface area (Å²) in [5, 5.41) is 22.5. The molecule has 8 heteroatoms. The minimum absolute atomic E-state index is 0.189. The van der Waals surface area contributed by atoms with Crippen molar-refractivity contribution in [1.29, 1.82) is 5.26 Å². The summed E-state index contributed by atoms with van der Waals surface area (Å²) < 4.78 is 5.36. The molecule has 2 saturated heterocycles. The van der Waals surface area contributed by atoms with Crippen LogP contribution < -0.4 is 10.2 Å². The number of carboxylic acid groups (broad SMARTS) is 1. The molecule has 3 heterocycles. The predicted molar refractivity (Wildman–Crippen MR) is 120 cm³/mol. The van der Waals surface area contributed by atoms with Gasteiger partial charge in [-0.25, -0.2) is 14.8 Å². The number of aromatic nitrogens is 2. The molecule has 1 atom stereocenters. The molecule has 2 fully saturated rings. The van der Waals surface area contributed by atoms with Crippen molar-refractivity contribution in [1.82, 2.24) is 9.97 Å². The van der Waals surface area contributed by atoms with Gasteiger partial charge in [0.2, 0.25) is 0 Å². The van der Waals surface area contributed by atoms with Crippen molar-refractivity contribution in [2.75, 3.05) is 36.5 Å². The maximum absolute atomic E-state index is 11.6. The molecule has 1 aromatic heterocycles. The van der Waals surface area contributed by atoms with Crippen LogP contribution in [-0.2, 0) is 4.74 Å². The summed E-state index contributed by atoms with van der Waals surface area (Å²) in [6.45, 7) is 7.06. The molecule has 162 valence electrons. The highest BCUT2D eigenvalue weighted by Crippen LogP contribution is 2.41. The first kappa shape index (κ1) is 20.2. The largest absolute Gasteiger partial charge is 0.478 e. The van der Waals surface area contributed by atoms with E-state index in [1.165, 1.54) is 0 Å². The molecule has 0 bridgehead atoms. The number of rotatable bonds is 5. The Labute approximate surface area is 185 Å². The molecular formula is C24H23N5O3. The standard InChI is InChI=1S/C24H23N5O3/c1-14-7-17(15(2)26-18-6-4-3-5-16(18)23(30)31)21-19(8-14)27-20(9-25)22(28-21)29-10-24(11-29)12-32-13-24/h3-8,15,26H,10-13H2,1-2H3,(H,30,31)/t15-/m1/s1. The number of anilines is 2. The molecular weight excluding hydrogens is 406 g/mol. The zero-order valence-corrected chi connectivity index (χ0v) is 17.9. The fourth-order valence-corrected chi connectivity index (χ4v) is 4.54. The number of ether oxygens (including phenoxy) is 1. The molecule has 2 aromatic carbocycles. The highest BCUT2D eigenvalue weighted by molar-refractivity contribution is 5.94. The minimum Gasteiger partial charge on any atom is -0.478 e. The molecule has 0 radical (unpaired) electrons. The number of carboxylic acids is 1. The number of nitrogens with one attached hydrogen (secondary N) is 1. The van der Waals surface area contributed by atoms with Gasteiger partial charge in [0, 0.05) is 24.3 Å². The zero-order valence-electron chi connectivity index (χ0n) is 17.9. The van der Waals surface area contributed by atoms with E-state index < -0.39 is 5.97 Å². The van der Waals surface area contributed by atoms with Crippen molar-refractivity contribution in [3.05, 3.63) is 58.8 Å². The zero-order chi connectivity index (χ0) is 22.5. The van der Waals surface area contributed by atoms with Gasteiger partial charge >= 0.3 is 5.97 Å². The number of nitriles is 1. The third kappa shape index (κ3) is 3.31. The molecule has 8 nitrogen and oxygen atoms in total. The molecule has 2 aliphatic rings. The lowest BCUT2D eigenvalue weighted by molar-refractivity contribution is -0.127. The van der Waals surface area contributed by atoms with E-state index in [2.05, 4.69) is 21.3 Å². The molecule has 0 amide bonds. The summed E-state index contributed by atoms with van der Waals surface area (Å²) in [5.74, 6) is -0.386. The minimum atomic E-state index is -0.984. The summed E-state index contributed by atoms with van der Waals surface area (Å²) >= 11 is 0. The van der Waals surface area contributed by atoms with Crippen molar-refractivity contribution < 1.29 is 14.6 Å². The van der Waals surface area contributed by atoms with E-state index in [9.17, 15) is 15.2 Å². The highest BCUT2D eigenvalue weighted by atomic mass is 16.5. The molecule has 0 unspecified atom stereocenters. The Balaban J connectivity index is 1.55. The van der Waals surface area contributed by atoms with Gasteiger partial charge in [-0.1, -0.05) is 18.2 Å². The quantitative estimate of drug-likeness (QED) is 0.634. The third-order valence-corrected chi connectivity index (χ3v) is 6.20. The van der Waals surface area contributed by atoms with Gasteiger partial charge in [0.25, 0.3) is 0 Å². The second-order valence-corrected chi connectivity index (χ2v) is 8.80. The van der Waals surface area contributed by atoms with Gasteiger partial charge < -0.3 is 20.1 Å². The average Bonchev–Trinajstić information content (AvgIpc) is 2.71. The summed E-state index contributed by atoms with van der Waals surface area (Å²) in [6, 6.07) is 12.8. The highest BCUT2D eigenvalue weighted by Gasteiger charge is 2.50. The van der Waals surface area contributed by atoms with Gasteiger partial charge in [0.05, 0.1) is 41.3 Å². The van der Waals surface area contributed by atoms with E-state index >= 15 is 0 Å². The first-order valence-electron chi connectivity index (χ1n) is 10.5. The van der Waals surface area contributed by atoms with Gasteiger partial charge in [-0.15, -0.1) is 0 Å². The summed E-state index contributed by atoms with van der Waals surface area (Å²) in [7, 11) is 0. The first-order chi connectivity index (χ1) is 15.4. The van der Waals surface area contributed by atoms with Crippen molar-refractivity contribution in [3.63, 3.8) is 0 Å². The summed E-state index contributed by atoms with van der Waals surface area (Å²) in [6.07, 6.45) is 0. The van der Waals surface area contributed by atoms with Gasteiger partial charge in [-0.05, 0) is 37.6 Å². The summed E-state index contributed by atoms with van der Waals surface area (Å²) in [5.41, 5.74) is 4.53. The fourth-order valence-electron chi connectivity index (χ4n) is 4.54. The van der Waals surface area contributed by atoms with Crippen LogP contribution in [0.5, 0.6) is 0 Å². The van der Waals surface area contributed by atoms with Crippen molar-refractivity contribution in [2.45, 2.75) is 19.9 Å². The molecule has 0 aliphatic carbocycles. The number of hydrogen-bond donors (Lipinski definition) is 2. The van der Waals surface area contributed by atoms with Crippen LogP contribution >= 0.6 is 0 Å². The van der Waals surface area contributed by atoms with E-state index in [0.717, 1.165) is 37.4 Å². The molecule has 3 aromatic rings.